The summed E-state index contributed by atoms with van der Waals surface area (Å²) < 4.78 is 0.918. The van der Waals surface area contributed by atoms with Crippen molar-refractivity contribution in [3.63, 3.8) is 0 Å². The summed E-state index contributed by atoms with van der Waals surface area (Å²) in [5.74, 6) is 0.573. The first-order valence-corrected chi connectivity index (χ1v) is 4.11. The predicted molar refractivity (Wildman–Crippen MR) is 51.0 cm³/mol. The number of aromatic amines is 1. The Hall–Kier alpha value is -0.850. The van der Waals surface area contributed by atoms with E-state index in [1.54, 1.807) is 0 Å². The van der Waals surface area contributed by atoms with E-state index < -0.39 is 0 Å². The summed E-state index contributed by atoms with van der Waals surface area (Å²) in [6.07, 6.45) is 0. The standard InChI is InChI=1S/C6H5IN4/c7-4-2-1-3-5(8)10-11-6(3)9-4/h1-2H,(H3,8,9,10,11). The third-order valence-electron chi connectivity index (χ3n) is 1.41. The fourth-order valence-electron chi connectivity index (χ4n) is 0.894. The smallest absolute Gasteiger partial charge is 0.184 e. The van der Waals surface area contributed by atoms with Crippen LogP contribution < -0.4 is 5.73 Å². The molecule has 0 amide bonds. The zero-order valence-corrected chi connectivity index (χ0v) is 7.66. The lowest BCUT2D eigenvalue weighted by atomic mass is 10.3. The maximum absolute atomic E-state index is 5.57. The molecule has 56 valence electrons. The van der Waals surface area contributed by atoms with E-state index in [9.17, 15) is 0 Å². The van der Waals surface area contributed by atoms with Crippen LogP contribution >= 0.6 is 22.6 Å². The molecule has 0 saturated heterocycles. The van der Waals surface area contributed by atoms with Crippen molar-refractivity contribution in [2.75, 3.05) is 5.73 Å². The number of hydrogen-bond donors (Lipinski definition) is 2. The number of pyridine rings is 1. The molecule has 0 aromatic carbocycles. The van der Waals surface area contributed by atoms with E-state index in [0.29, 0.717) is 11.5 Å². The van der Waals surface area contributed by atoms with Gasteiger partial charge in [-0.25, -0.2) is 4.98 Å². The van der Waals surface area contributed by atoms with Gasteiger partial charge in [-0.15, -0.1) is 0 Å². The molecule has 0 aliphatic carbocycles. The molecule has 0 bridgehead atoms. The molecule has 0 spiro atoms. The molecular formula is C6H5IN4. The van der Waals surface area contributed by atoms with E-state index in [1.807, 2.05) is 12.1 Å². The molecule has 0 unspecified atom stereocenters. The van der Waals surface area contributed by atoms with Crippen LogP contribution in [0.5, 0.6) is 0 Å². The number of rotatable bonds is 0. The van der Waals surface area contributed by atoms with Crippen molar-refractivity contribution in [3.05, 3.63) is 15.8 Å². The van der Waals surface area contributed by atoms with E-state index in [1.165, 1.54) is 0 Å². The number of anilines is 1. The summed E-state index contributed by atoms with van der Waals surface area (Å²) in [5.41, 5.74) is 6.24. The van der Waals surface area contributed by atoms with Crippen LogP contribution in [0.3, 0.4) is 0 Å². The van der Waals surface area contributed by atoms with Gasteiger partial charge in [0.25, 0.3) is 0 Å². The number of nitrogens with one attached hydrogen (secondary N) is 1. The van der Waals surface area contributed by atoms with Crippen LogP contribution in [0.2, 0.25) is 0 Å². The lowest BCUT2D eigenvalue weighted by Gasteiger charge is -1.88. The maximum atomic E-state index is 5.57. The zero-order chi connectivity index (χ0) is 7.84. The van der Waals surface area contributed by atoms with Gasteiger partial charge in [0.15, 0.2) is 5.65 Å². The Morgan fingerprint density at radius 2 is 2.27 bits per heavy atom. The number of nitrogen functional groups attached to an aromatic ring is 1. The summed E-state index contributed by atoms with van der Waals surface area (Å²) in [6.45, 7) is 0. The minimum atomic E-state index is 0.573. The van der Waals surface area contributed by atoms with Crippen molar-refractivity contribution in [3.8, 4) is 0 Å². The molecular weight excluding hydrogens is 255 g/mol. The first-order chi connectivity index (χ1) is 5.27. The van der Waals surface area contributed by atoms with Gasteiger partial charge < -0.3 is 5.73 Å². The minimum Gasteiger partial charge on any atom is -0.384 e. The van der Waals surface area contributed by atoms with E-state index in [4.69, 9.17) is 5.73 Å². The second kappa shape index (κ2) is 2.33. The summed E-state index contributed by atoms with van der Waals surface area (Å²) in [5, 5.41) is 7.46. The molecule has 0 atom stereocenters. The largest absolute Gasteiger partial charge is 0.384 e. The number of halogens is 1. The van der Waals surface area contributed by atoms with Crippen LogP contribution in [0.1, 0.15) is 0 Å². The predicted octanol–water partition coefficient (Wildman–Crippen LogP) is 1.14. The van der Waals surface area contributed by atoms with E-state index in [0.717, 1.165) is 9.09 Å². The number of nitrogens with two attached hydrogens (primary N) is 1. The van der Waals surface area contributed by atoms with Crippen molar-refractivity contribution in [1.29, 1.82) is 0 Å². The number of fused-ring (bicyclic) bond motifs is 1. The van der Waals surface area contributed by atoms with Gasteiger partial charge in [0.1, 0.15) is 9.52 Å². The third-order valence-corrected chi connectivity index (χ3v) is 2.01. The van der Waals surface area contributed by atoms with Crippen molar-refractivity contribution in [2.45, 2.75) is 0 Å². The molecule has 5 heteroatoms. The van der Waals surface area contributed by atoms with Crippen LogP contribution in [-0.2, 0) is 0 Å². The average Bonchev–Trinajstić information content (AvgIpc) is 2.32. The third kappa shape index (κ3) is 1.05. The topological polar surface area (TPSA) is 67.6 Å². The van der Waals surface area contributed by atoms with Crippen LogP contribution in [-0.4, -0.2) is 15.2 Å². The molecule has 0 fully saturated rings. The number of hydrogen-bond acceptors (Lipinski definition) is 3. The Bertz CT molecular complexity index is 394. The fraction of sp³-hybridized carbons (Fsp3) is 0. The number of H-pyrrole nitrogens is 1. The van der Waals surface area contributed by atoms with Crippen molar-refractivity contribution in [1.82, 2.24) is 15.2 Å². The van der Waals surface area contributed by atoms with Gasteiger partial charge in [0.05, 0.1) is 5.39 Å². The Morgan fingerprint density at radius 3 is 3.09 bits per heavy atom. The molecule has 0 aliphatic rings. The summed E-state index contributed by atoms with van der Waals surface area (Å²) in [4.78, 5) is 4.16. The molecule has 3 N–H and O–H groups in total. The van der Waals surface area contributed by atoms with Gasteiger partial charge >= 0.3 is 0 Å². The van der Waals surface area contributed by atoms with Gasteiger partial charge in [-0.3, -0.25) is 5.10 Å². The Kier molecular flexibility index (Phi) is 1.45. The molecule has 11 heavy (non-hydrogen) atoms. The first kappa shape index (κ1) is 6.84. The normalized spacial score (nSPS) is 10.6. The van der Waals surface area contributed by atoms with Crippen LogP contribution in [0, 0.1) is 3.70 Å². The Morgan fingerprint density at radius 1 is 1.45 bits per heavy atom. The van der Waals surface area contributed by atoms with E-state index >= 15 is 0 Å². The highest BCUT2D eigenvalue weighted by Gasteiger charge is 2.01. The second-order valence-corrected chi connectivity index (χ2v) is 3.25. The number of aromatic nitrogens is 3. The molecule has 4 nitrogen and oxygen atoms in total. The number of nitrogens with zero attached hydrogens (tertiary/aromatic N) is 2. The van der Waals surface area contributed by atoms with Crippen LogP contribution in [0.15, 0.2) is 12.1 Å². The first-order valence-electron chi connectivity index (χ1n) is 3.03. The highest BCUT2D eigenvalue weighted by molar-refractivity contribution is 14.1. The zero-order valence-electron chi connectivity index (χ0n) is 5.50. The van der Waals surface area contributed by atoms with Crippen LogP contribution in [0.25, 0.3) is 11.0 Å². The summed E-state index contributed by atoms with van der Waals surface area (Å²) in [6, 6.07) is 3.80. The lowest BCUT2D eigenvalue weighted by molar-refractivity contribution is 1.10. The lowest BCUT2D eigenvalue weighted by Crippen LogP contribution is -1.84. The van der Waals surface area contributed by atoms with E-state index in [2.05, 4.69) is 37.8 Å². The van der Waals surface area contributed by atoms with Gasteiger partial charge in [0, 0.05) is 0 Å². The quantitative estimate of drug-likeness (QED) is 0.551. The highest BCUT2D eigenvalue weighted by Crippen LogP contribution is 2.16. The molecule has 0 radical (unpaired) electrons. The van der Waals surface area contributed by atoms with Gasteiger partial charge in [-0.2, -0.15) is 5.10 Å². The SMILES string of the molecule is Nc1[nH]nc2nc(I)ccc12. The van der Waals surface area contributed by atoms with Crippen molar-refractivity contribution < 1.29 is 0 Å². The van der Waals surface area contributed by atoms with E-state index in [-0.39, 0.29) is 0 Å². The minimum absolute atomic E-state index is 0.573. The maximum Gasteiger partial charge on any atom is 0.184 e. The molecule has 2 rings (SSSR count). The molecule has 2 heterocycles. The molecule has 0 aliphatic heterocycles. The Labute approximate surface area is 76.3 Å². The average molecular weight is 260 g/mol. The fourth-order valence-corrected chi connectivity index (χ4v) is 1.30. The second-order valence-electron chi connectivity index (χ2n) is 2.14. The summed E-state index contributed by atoms with van der Waals surface area (Å²) in [7, 11) is 0. The molecule has 0 saturated carbocycles. The monoisotopic (exact) mass is 260 g/mol. The van der Waals surface area contributed by atoms with Crippen LogP contribution in [0.4, 0.5) is 5.82 Å². The Balaban J connectivity index is 2.86. The summed E-state index contributed by atoms with van der Waals surface area (Å²) >= 11 is 2.13. The van der Waals surface area contributed by atoms with Gasteiger partial charge in [-0.05, 0) is 34.7 Å². The van der Waals surface area contributed by atoms with Gasteiger partial charge in [-0.1, -0.05) is 0 Å². The van der Waals surface area contributed by atoms with Crippen molar-refractivity contribution >= 4 is 39.4 Å². The molecule has 2 aromatic heterocycles. The molecule has 2 aromatic rings. The van der Waals surface area contributed by atoms with Crippen molar-refractivity contribution in [2.24, 2.45) is 0 Å². The van der Waals surface area contributed by atoms with Gasteiger partial charge in [0.2, 0.25) is 0 Å². The highest BCUT2D eigenvalue weighted by atomic mass is 127.